The molecule has 5 aromatic rings. The summed E-state index contributed by atoms with van der Waals surface area (Å²) in [7, 11) is 0. The molecule has 11 nitrogen and oxygen atoms in total. The molecule has 0 radical (unpaired) electrons. The second-order valence-corrected chi connectivity index (χ2v) is 15.0. The second-order valence-electron chi connectivity index (χ2n) is 15.0. The molecule has 1 saturated heterocycles. The Balaban J connectivity index is 1.000. The number of furan rings is 2. The molecule has 2 aliphatic rings. The van der Waals surface area contributed by atoms with Gasteiger partial charge in [0.25, 0.3) is 0 Å². The minimum absolute atomic E-state index is 0.282. The van der Waals surface area contributed by atoms with E-state index >= 15 is 0 Å². The van der Waals surface area contributed by atoms with Gasteiger partial charge >= 0.3 is 11.6 Å². The molecule has 53 heavy (non-hydrogen) atoms. The van der Waals surface area contributed by atoms with Gasteiger partial charge in [-0.1, -0.05) is 11.1 Å². The minimum atomic E-state index is -1.42. The highest BCUT2D eigenvalue weighted by Crippen LogP contribution is 2.48. The molecule has 280 valence electrons. The lowest BCUT2D eigenvalue weighted by Gasteiger charge is -2.30. The van der Waals surface area contributed by atoms with Crippen molar-refractivity contribution in [1.29, 1.82) is 0 Å². The Morgan fingerprint density at radius 1 is 0.906 bits per heavy atom. The van der Waals surface area contributed by atoms with Crippen LogP contribution in [0, 0.1) is 0 Å². The van der Waals surface area contributed by atoms with E-state index in [1.165, 1.54) is 6.07 Å². The van der Waals surface area contributed by atoms with Crippen molar-refractivity contribution in [3.05, 3.63) is 94.3 Å². The number of hydrogen-bond donors (Lipinski definition) is 2. The molecule has 0 saturated carbocycles. The number of hydrogen-bond acceptors (Lipinski definition) is 11. The van der Waals surface area contributed by atoms with Crippen molar-refractivity contribution in [1.82, 2.24) is 0 Å². The van der Waals surface area contributed by atoms with Crippen molar-refractivity contribution in [3.8, 4) is 17.2 Å². The fraction of sp³-hybridized carbons (Fsp3) is 0.405. The highest BCUT2D eigenvalue weighted by atomic mass is 16.9. The van der Waals surface area contributed by atoms with Gasteiger partial charge in [-0.3, -0.25) is 0 Å². The number of ether oxygens (including phenoxy) is 5. The quantitative estimate of drug-likeness (QED) is 0.0890. The average molecular weight is 727 g/mol. The Morgan fingerprint density at radius 2 is 1.55 bits per heavy atom. The van der Waals surface area contributed by atoms with Gasteiger partial charge in [-0.05, 0) is 104 Å². The Bertz CT molecular complexity index is 2280. The minimum Gasteiger partial charge on any atom is -0.488 e. The molecular weight excluding hydrogens is 680 g/mol. The molecule has 0 bridgehead atoms. The van der Waals surface area contributed by atoms with E-state index in [9.17, 15) is 15.0 Å². The van der Waals surface area contributed by atoms with E-state index in [2.05, 4.69) is 6.92 Å². The van der Waals surface area contributed by atoms with Gasteiger partial charge in [-0.25, -0.2) is 4.79 Å². The van der Waals surface area contributed by atoms with Crippen LogP contribution < -0.4 is 19.8 Å². The van der Waals surface area contributed by atoms with E-state index in [1.54, 1.807) is 44.6 Å². The summed E-state index contributed by atoms with van der Waals surface area (Å²) in [4.78, 5) is 11.8. The summed E-state index contributed by atoms with van der Waals surface area (Å²) in [5.41, 5.74) is 2.26. The van der Waals surface area contributed by atoms with E-state index in [-0.39, 0.29) is 6.10 Å². The average Bonchev–Trinajstić information content (AvgIpc) is 3.82. The van der Waals surface area contributed by atoms with Crippen LogP contribution in [0.2, 0.25) is 0 Å². The maximum absolute atomic E-state index is 11.8. The summed E-state index contributed by atoms with van der Waals surface area (Å²) in [5, 5.41) is 22.6. The molecule has 2 aromatic carbocycles. The molecule has 5 heterocycles. The smallest absolute Gasteiger partial charge is 0.350 e. The van der Waals surface area contributed by atoms with Crippen molar-refractivity contribution < 1.29 is 47.1 Å². The predicted molar refractivity (Wildman–Crippen MR) is 200 cm³/mol. The molecule has 0 amide bonds. The van der Waals surface area contributed by atoms with E-state index < -0.39 is 28.9 Å². The van der Waals surface area contributed by atoms with Crippen LogP contribution in [0.4, 0.5) is 0 Å². The lowest BCUT2D eigenvalue weighted by Crippen LogP contribution is -2.38. The fourth-order valence-corrected chi connectivity index (χ4v) is 6.75. The lowest BCUT2D eigenvalue weighted by atomic mass is 9.96. The van der Waals surface area contributed by atoms with Crippen LogP contribution in [0.1, 0.15) is 72.8 Å². The largest absolute Gasteiger partial charge is 0.488 e. The summed E-state index contributed by atoms with van der Waals surface area (Å²) < 4.78 is 48.7. The van der Waals surface area contributed by atoms with Gasteiger partial charge in [0, 0.05) is 24.3 Å². The normalized spacial score (nSPS) is 20.7. The second kappa shape index (κ2) is 14.2. The van der Waals surface area contributed by atoms with Crippen LogP contribution in [0.3, 0.4) is 0 Å². The molecule has 7 rings (SSSR count). The first kappa shape index (κ1) is 36.5. The summed E-state index contributed by atoms with van der Waals surface area (Å²) in [5.74, 6) is 0.318. The molecule has 0 aliphatic carbocycles. The molecule has 3 aromatic heterocycles. The third kappa shape index (κ3) is 7.66. The summed E-state index contributed by atoms with van der Waals surface area (Å²) in [6.07, 6.45) is 12.3. The number of rotatable bonds is 13. The first-order valence-corrected chi connectivity index (χ1v) is 17.9. The fourth-order valence-electron chi connectivity index (χ4n) is 6.75. The molecule has 1 fully saturated rings. The van der Waals surface area contributed by atoms with Gasteiger partial charge in [0.15, 0.2) is 0 Å². The van der Waals surface area contributed by atoms with Gasteiger partial charge in [0.05, 0.1) is 57.7 Å². The van der Waals surface area contributed by atoms with Gasteiger partial charge in [-0.2, -0.15) is 0 Å². The van der Waals surface area contributed by atoms with E-state index in [4.69, 9.17) is 36.9 Å². The Hall–Kier alpha value is -4.81. The number of benzene rings is 2. The van der Waals surface area contributed by atoms with Gasteiger partial charge in [-0.15, -0.1) is 0 Å². The summed E-state index contributed by atoms with van der Waals surface area (Å²) >= 11 is 0. The number of aliphatic hydroxyl groups excluding tert-OH is 1. The van der Waals surface area contributed by atoms with Crippen LogP contribution in [-0.4, -0.2) is 52.8 Å². The third-order valence-corrected chi connectivity index (χ3v) is 9.96. The van der Waals surface area contributed by atoms with E-state index in [0.29, 0.717) is 71.9 Å². The van der Waals surface area contributed by atoms with E-state index in [1.807, 2.05) is 57.2 Å². The highest BCUT2D eigenvalue weighted by Gasteiger charge is 2.54. The third-order valence-electron chi connectivity index (χ3n) is 9.96. The zero-order chi connectivity index (χ0) is 37.5. The van der Waals surface area contributed by atoms with Gasteiger partial charge in [0.2, 0.25) is 0 Å². The zero-order valence-electron chi connectivity index (χ0n) is 30.9. The SMILES string of the molecule is CC(=CCOc1c2c(cc3occc13)O[C@@]1(C=C2)O[C@H](CCC(C)=CCOc2c3ccoc3cc3oc(=O)ccc23)C(C)(C)O1)CC[C@@H](O)C(C)(C)O. The van der Waals surface area contributed by atoms with Crippen molar-refractivity contribution in [2.24, 2.45) is 0 Å². The van der Waals surface area contributed by atoms with Crippen LogP contribution in [0.15, 0.2) is 96.3 Å². The van der Waals surface area contributed by atoms with Crippen LogP contribution >= 0.6 is 0 Å². The number of aliphatic hydroxyl groups is 2. The molecule has 0 unspecified atom stereocenters. The van der Waals surface area contributed by atoms with Gasteiger partial charge in [0.1, 0.15) is 47.2 Å². The highest BCUT2D eigenvalue weighted by molar-refractivity contribution is 6.01. The van der Waals surface area contributed by atoms with Crippen LogP contribution in [0.5, 0.6) is 17.2 Å². The Morgan fingerprint density at radius 3 is 2.26 bits per heavy atom. The lowest BCUT2D eigenvalue weighted by molar-refractivity contribution is -0.270. The van der Waals surface area contributed by atoms with E-state index in [0.717, 1.165) is 33.9 Å². The molecule has 3 atom stereocenters. The monoisotopic (exact) mass is 726 g/mol. The van der Waals surface area contributed by atoms with Crippen LogP contribution in [-0.2, 0) is 9.47 Å². The summed E-state index contributed by atoms with van der Waals surface area (Å²) in [6, 6.07) is 10.3. The van der Waals surface area contributed by atoms with Crippen molar-refractivity contribution >= 4 is 39.0 Å². The van der Waals surface area contributed by atoms with Crippen LogP contribution in [0.25, 0.3) is 39.0 Å². The first-order valence-electron chi connectivity index (χ1n) is 17.9. The topological polar surface area (TPSA) is 143 Å². The van der Waals surface area contributed by atoms with Crippen molar-refractivity contribution in [2.45, 2.75) is 96.6 Å². The molecule has 11 heteroatoms. The maximum Gasteiger partial charge on any atom is 0.350 e. The number of fused-ring (bicyclic) bond motifs is 4. The molecular formula is C42H46O11. The molecule has 2 aliphatic heterocycles. The number of allylic oxidation sites excluding steroid dienone is 2. The maximum atomic E-state index is 11.8. The molecule has 1 spiro atoms. The predicted octanol–water partition coefficient (Wildman–Crippen LogP) is 8.58. The first-order chi connectivity index (χ1) is 25.2. The Kier molecular flexibility index (Phi) is 9.79. The summed E-state index contributed by atoms with van der Waals surface area (Å²) in [6.45, 7) is 11.8. The van der Waals surface area contributed by atoms with Gasteiger partial charge < -0.3 is 47.1 Å². The van der Waals surface area contributed by atoms with Crippen molar-refractivity contribution in [2.75, 3.05) is 13.2 Å². The zero-order valence-corrected chi connectivity index (χ0v) is 30.9. The molecule has 2 N–H and O–H groups in total. The Labute approximate surface area is 307 Å². The van der Waals surface area contributed by atoms with Crippen molar-refractivity contribution in [3.63, 3.8) is 0 Å². The standard InChI is InChI=1S/C42H46O11/c1-25(7-10-35(43)40(3,4)45)14-19-49-39-28-13-18-42(51-34(28)24-32-30(39)17-22-47-32)52-36(41(5,6)53-42)11-8-26(2)15-20-48-38-27-9-12-37(44)50-33(27)23-31-29(38)16-21-46-31/h9,12-18,21-24,35-36,43,45H,7-8,10-11,19-20H2,1-6H3/t35-,36-,42+/m1/s1.